The highest BCUT2D eigenvalue weighted by Gasteiger charge is 2.33. The molecule has 5 nitrogen and oxygen atoms in total. The number of carbonyl (C=O) groups excluding carboxylic acids is 1. The maximum Gasteiger partial charge on any atom is 0.418 e. The van der Waals surface area contributed by atoms with E-state index in [1.165, 1.54) is 43.3 Å². The van der Waals surface area contributed by atoms with Crippen molar-refractivity contribution in [3.63, 3.8) is 0 Å². The van der Waals surface area contributed by atoms with Gasteiger partial charge in [-0.3, -0.25) is 9.78 Å². The number of hydrogen-bond acceptors (Lipinski definition) is 5. The van der Waals surface area contributed by atoms with Crippen molar-refractivity contribution in [1.82, 2.24) is 4.98 Å². The third-order valence-electron chi connectivity index (χ3n) is 4.17. The first kappa shape index (κ1) is 23.7. The van der Waals surface area contributed by atoms with Crippen molar-refractivity contribution in [1.29, 1.82) is 0 Å². The summed E-state index contributed by atoms with van der Waals surface area (Å²) in [5.74, 6) is 0.340. The number of alkyl halides is 3. The summed E-state index contributed by atoms with van der Waals surface area (Å²) in [6.07, 6.45) is -3.13. The largest absolute Gasteiger partial charge is 0.491 e. The van der Waals surface area contributed by atoms with Crippen molar-refractivity contribution in [2.45, 2.75) is 16.8 Å². The van der Waals surface area contributed by atoms with E-state index in [1.54, 1.807) is 18.2 Å². The van der Waals surface area contributed by atoms with Gasteiger partial charge in [0.15, 0.2) is 18.1 Å². The molecular formula is C22H18ClF3N2O3S. The lowest BCUT2D eigenvalue weighted by Gasteiger charge is -2.15. The van der Waals surface area contributed by atoms with Crippen LogP contribution < -0.4 is 14.8 Å². The Labute approximate surface area is 191 Å². The summed E-state index contributed by atoms with van der Waals surface area (Å²) in [5.41, 5.74) is -0.602. The summed E-state index contributed by atoms with van der Waals surface area (Å²) in [4.78, 5) is 17.5. The lowest BCUT2D eigenvalue weighted by atomic mass is 10.1. The second kappa shape index (κ2) is 10.6. The number of anilines is 1. The number of methoxy groups -OCH3 is 1. The van der Waals surface area contributed by atoms with Crippen LogP contribution in [0.2, 0.25) is 5.02 Å². The molecule has 0 aliphatic heterocycles. The Morgan fingerprint density at radius 2 is 1.84 bits per heavy atom. The number of aromatic nitrogens is 1. The number of nitrogens with zero attached hydrogens (tertiary/aromatic N) is 1. The molecule has 0 spiro atoms. The molecule has 3 rings (SSSR count). The first-order valence-electron chi connectivity index (χ1n) is 9.26. The van der Waals surface area contributed by atoms with Gasteiger partial charge in [0.2, 0.25) is 0 Å². The fourth-order valence-corrected chi connectivity index (χ4v) is 3.59. The number of thioether (sulfide) groups is 1. The topological polar surface area (TPSA) is 60.5 Å². The number of halogens is 4. The Balaban J connectivity index is 1.64. The van der Waals surface area contributed by atoms with E-state index < -0.39 is 24.3 Å². The summed E-state index contributed by atoms with van der Waals surface area (Å²) in [6, 6.07) is 13.7. The molecule has 32 heavy (non-hydrogen) atoms. The van der Waals surface area contributed by atoms with E-state index in [4.69, 9.17) is 21.1 Å². The Bertz CT molecular complexity index is 1080. The van der Waals surface area contributed by atoms with Gasteiger partial charge >= 0.3 is 6.18 Å². The minimum absolute atomic E-state index is 0.258. The van der Waals surface area contributed by atoms with Crippen molar-refractivity contribution in [2.75, 3.05) is 19.0 Å². The zero-order chi connectivity index (χ0) is 23.1. The maximum atomic E-state index is 13.1. The van der Waals surface area contributed by atoms with Crippen molar-refractivity contribution in [2.24, 2.45) is 0 Å². The van der Waals surface area contributed by atoms with E-state index >= 15 is 0 Å². The van der Waals surface area contributed by atoms with Gasteiger partial charge in [0, 0.05) is 21.7 Å². The molecule has 2 aromatic carbocycles. The van der Waals surface area contributed by atoms with Gasteiger partial charge in [-0.2, -0.15) is 13.2 Å². The predicted molar refractivity (Wildman–Crippen MR) is 117 cm³/mol. The third-order valence-corrected chi connectivity index (χ3v) is 5.47. The van der Waals surface area contributed by atoms with Crippen LogP contribution in [0, 0.1) is 0 Å². The van der Waals surface area contributed by atoms with Crippen LogP contribution in [0.15, 0.2) is 65.7 Å². The maximum absolute atomic E-state index is 13.1. The molecule has 0 atom stereocenters. The molecule has 1 amide bonds. The van der Waals surface area contributed by atoms with Gasteiger partial charge < -0.3 is 14.8 Å². The smallest absolute Gasteiger partial charge is 0.418 e. The lowest BCUT2D eigenvalue weighted by Crippen LogP contribution is -2.22. The van der Waals surface area contributed by atoms with E-state index in [-0.39, 0.29) is 11.4 Å². The van der Waals surface area contributed by atoms with Crippen LogP contribution in [0.5, 0.6) is 11.5 Å². The molecule has 0 aliphatic carbocycles. The van der Waals surface area contributed by atoms with E-state index in [9.17, 15) is 18.0 Å². The first-order valence-corrected chi connectivity index (χ1v) is 10.6. The Kier molecular flexibility index (Phi) is 7.87. The summed E-state index contributed by atoms with van der Waals surface area (Å²) >= 11 is 7.42. The third kappa shape index (κ3) is 6.54. The number of hydrogen-bond donors (Lipinski definition) is 1. The zero-order valence-electron chi connectivity index (χ0n) is 16.8. The van der Waals surface area contributed by atoms with Crippen molar-refractivity contribution in [3.8, 4) is 11.5 Å². The molecule has 1 aromatic heterocycles. The fourth-order valence-electron chi connectivity index (χ4n) is 2.67. The van der Waals surface area contributed by atoms with E-state index in [1.807, 2.05) is 12.1 Å². The second-order valence-electron chi connectivity index (χ2n) is 6.45. The molecule has 10 heteroatoms. The molecule has 0 aliphatic rings. The van der Waals surface area contributed by atoms with Gasteiger partial charge in [0.05, 0.1) is 30.3 Å². The van der Waals surface area contributed by atoms with E-state index in [2.05, 4.69) is 10.3 Å². The number of nitrogens with one attached hydrogen (secondary N) is 1. The fraction of sp³-hybridized carbons (Fsp3) is 0.182. The molecular weight excluding hydrogens is 465 g/mol. The Morgan fingerprint density at radius 1 is 1.12 bits per heavy atom. The van der Waals surface area contributed by atoms with Crippen LogP contribution in [0.25, 0.3) is 0 Å². The van der Waals surface area contributed by atoms with Crippen molar-refractivity contribution < 1.29 is 27.4 Å². The lowest BCUT2D eigenvalue weighted by molar-refractivity contribution is -0.137. The molecule has 168 valence electrons. The summed E-state index contributed by atoms with van der Waals surface area (Å²) in [7, 11) is 1.42. The van der Waals surface area contributed by atoms with Crippen LogP contribution in [0.3, 0.4) is 0 Å². The summed E-state index contributed by atoms with van der Waals surface area (Å²) < 4.78 is 50.0. The molecule has 0 saturated carbocycles. The highest BCUT2D eigenvalue weighted by atomic mass is 35.5. The van der Waals surface area contributed by atoms with Crippen LogP contribution >= 0.6 is 23.4 Å². The highest BCUT2D eigenvalue weighted by molar-refractivity contribution is 7.98. The van der Waals surface area contributed by atoms with Gasteiger partial charge in [-0.1, -0.05) is 23.7 Å². The van der Waals surface area contributed by atoms with E-state index in [0.29, 0.717) is 22.2 Å². The van der Waals surface area contributed by atoms with Gasteiger partial charge in [0.25, 0.3) is 5.91 Å². The van der Waals surface area contributed by atoms with Gasteiger partial charge in [-0.25, -0.2) is 0 Å². The Morgan fingerprint density at radius 3 is 2.53 bits per heavy atom. The second-order valence-corrected chi connectivity index (χ2v) is 7.93. The number of para-hydroxylation sites is 1. The van der Waals surface area contributed by atoms with Crippen LogP contribution in [0.1, 0.15) is 11.3 Å². The average molecular weight is 483 g/mol. The number of benzene rings is 2. The van der Waals surface area contributed by atoms with Crippen LogP contribution in [0.4, 0.5) is 18.9 Å². The molecule has 3 aromatic rings. The van der Waals surface area contributed by atoms with Crippen LogP contribution in [-0.2, 0) is 16.7 Å². The number of amides is 1. The first-order chi connectivity index (χ1) is 15.3. The monoisotopic (exact) mass is 482 g/mol. The number of ether oxygens (including phenoxy) is 2. The number of rotatable bonds is 8. The SMILES string of the molecule is COc1cnc(CSc2ccc(Cl)cc2)cc1OCC(=O)Nc1ccccc1C(F)(F)F. The van der Waals surface area contributed by atoms with Gasteiger partial charge in [-0.15, -0.1) is 11.8 Å². The molecule has 0 saturated heterocycles. The Hall–Kier alpha value is -2.91. The molecule has 0 fully saturated rings. The van der Waals surface area contributed by atoms with Crippen LogP contribution in [-0.4, -0.2) is 24.6 Å². The number of carbonyl (C=O) groups is 1. The standard InChI is InChI=1S/C22H18ClF3N2O3S/c1-30-20-11-27-15(13-32-16-8-6-14(23)7-9-16)10-19(20)31-12-21(29)28-18-5-3-2-4-17(18)22(24,25)26/h2-11H,12-13H2,1H3,(H,28,29). The molecule has 0 radical (unpaired) electrons. The van der Waals surface area contributed by atoms with Gasteiger partial charge in [-0.05, 0) is 36.4 Å². The molecule has 0 bridgehead atoms. The molecule has 0 unspecified atom stereocenters. The normalized spacial score (nSPS) is 11.2. The highest BCUT2D eigenvalue weighted by Crippen LogP contribution is 2.34. The average Bonchev–Trinajstić information content (AvgIpc) is 2.77. The summed E-state index contributed by atoms with van der Waals surface area (Å²) in [5, 5.41) is 2.88. The molecule has 1 heterocycles. The van der Waals surface area contributed by atoms with Crippen molar-refractivity contribution in [3.05, 3.63) is 77.1 Å². The van der Waals surface area contributed by atoms with Crippen molar-refractivity contribution >= 4 is 35.0 Å². The minimum Gasteiger partial charge on any atom is -0.491 e. The summed E-state index contributed by atoms with van der Waals surface area (Å²) in [6.45, 7) is -0.504. The minimum atomic E-state index is -4.59. The zero-order valence-corrected chi connectivity index (χ0v) is 18.4. The number of pyridine rings is 1. The predicted octanol–water partition coefficient (Wildman–Crippen LogP) is 6.07. The van der Waals surface area contributed by atoms with Gasteiger partial charge in [0.1, 0.15) is 0 Å². The molecule has 1 N–H and O–H groups in total. The quantitative estimate of drug-likeness (QED) is 0.395. The van der Waals surface area contributed by atoms with E-state index in [0.717, 1.165) is 11.0 Å².